The summed E-state index contributed by atoms with van der Waals surface area (Å²) in [5.41, 5.74) is -0.340. The van der Waals surface area contributed by atoms with Crippen LogP contribution in [-0.4, -0.2) is 16.1 Å². The summed E-state index contributed by atoms with van der Waals surface area (Å²) < 4.78 is 38.8. The molecule has 0 fully saturated rings. The average Bonchev–Trinajstić information content (AvgIpc) is 2.37. The van der Waals surface area contributed by atoms with Gasteiger partial charge in [0.05, 0.1) is 11.1 Å². The van der Waals surface area contributed by atoms with Crippen molar-refractivity contribution in [3.8, 4) is 11.1 Å². The molecule has 2 aromatic rings. The minimum atomic E-state index is -4.72. The molecule has 0 aliphatic heterocycles. The Kier molecular flexibility index (Phi) is 3.48. The topological polar surface area (TPSA) is 50.2 Å². The Morgan fingerprint density at radius 2 is 1.95 bits per heavy atom. The van der Waals surface area contributed by atoms with Crippen LogP contribution in [0.2, 0.25) is 0 Å². The van der Waals surface area contributed by atoms with Crippen molar-refractivity contribution in [2.75, 3.05) is 0 Å². The van der Waals surface area contributed by atoms with Gasteiger partial charge in [0.15, 0.2) is 0 Å². The zero-order valence-electron chi connectivity index (χ0n) is 10.4. The molecule has 6 heteroatoms. The molecule has 0 aliphatic rings. The summed E-state index contributed by atoms with van der Waals surface area (Å²) in [5, 5.41) is 8.83. The second-order valence-electron chi connectivity index (χ2n) is 4.25. The summed E-state index contributed by atoms with van der Waals surface area (Å²) in [6, 6.07) is 4.83. The lowest BCUT2D eigenvalue weighted by Crippen LogP contribution is -2.13. The van der Waals surface area contributed by atoms with Gasteiger partial charge in [-0.15, -0.1) is 0 Å². The first kappa shape index (κ1) is 14.0. The zero-order chi connectivity index (χ0) is 14.9. The van der Waals surface area contributed by atoms with E-state index in [1.54, 1.807) is 13.0 Å². The van der Waals surface area contributed by atoms with E-state index in [0.29, 0.717) is 5.56 Å². The number of pyridine rings is 1. The van der Waals surface area contributed by atoms with Gasteiger partial charge in [0.1, 0.15) is 0 Å². The van der Waals surface area contributed by atoms with Gasteiger partial charge in [-0.05, 0) is 36.2 Å². The number of carboxylic acid groups (broad SMARTS) is 1. The first-order valence-corrected chi connectivity index (χ1v) is 5.66. The van der Waals surface area contributed by atoms with Gasteiger partial charge in [-0.1, -0.05) is 6.07 Å². The van der Waals surface area contributed by atoms with Gasteiger partial charge in [-0.3, -0.25) is 4.98 Å². The van der Waals surface area contributed by atoms with Crippen LogP contribution < -0.4 is 0 Å². The molecule has 3 nitrogen and oxygen atoms in total. The zero-order valence-corrected chi connectivity index (χ0v) is 10.4. The molecule has 0 spiro atoms. The fourth-order valence-corrected chi connectivity index (χ4v) is 1.90. The number of halogens is 3. The summed E-state index contributed by atoms with van der Waals surface area (Å²) in [6.45, 7) is 1.75. The molecule has 2 rings (SSSR count). The molecule has 0 atom stereocenters. The molecule has 0 amide bonds. The molecule has 1 aromatic carbocycles. The predicted molar refractivity (Wildman–Crippen MR) is 66.4 cm³/mol. The number of alkyl halides is 3. The van der Waals surface area contributed by atoms with Crippen molar-refractivity contribution in [1.29, 1.82) is 0 Å². The maximum Gasteiger partial charge on any atom is 0.417 e. The van der Waals surface area contributed by atoms with E-state index in [2.05, 4.69) is 4.98 Å². The summed E-state index contributed by atoms with van der Waals surface area (Å²) in [6.07, 6.45) is -1.74. The van der Waals surface area contributed by atoms with Crippen LogP contribution in [0, 0.1) is 6.92 Å². The highest BCUT2D eigenvalue weighted by Gasteiger charge is 2.35. The molecule has 1 aromatic heterocycles. The van der Waals surface area contributed by atoms with Gasteiger partial charge in [-0.2, -0.15) is 13.2 Å². The number of carbonyl (C=O) groups is 1. The van der Waals surface area contributed by atoms with Crippen LogP contribution in [0.3, 0.4) is 0 Å². The minimum absolute atomic E-state index is 0.285. The fraction of sp³-hybridized carbons (Fsp3) is 0.143. The van der Waals surface area contributed by atoms with Crippen LogP contribution in [0.5, 0.6) is 0 Å². The van der Waals surface area contributed by atoms with E-state index in [1.807, 2.05) is 0 Å². The van der Waals surface area contributed by atoms with E-state index in [1.165, 1.54) is 18.5 Å². The third kappa shape index (κ3) is 2.64. The quantitative estimate of drug-likeness (QED) is 0.911. The largest absolute Gasteiger partial charge is 0.478 e. The van der Waals surface area contributed by atoms with Crippen LogP contribution in [-0.2, 0) is 6.18 Å². The van der Waals surface area contributed by atoms with Crippen molar-refractivity contribution in [3.05, 3.63) is 53.3 Å². The summed E-state index contributed by atoms with van der Waals surface area (Å²) in [7, 11) is 0. The third-order valence-corrected chi connectivity index (χ3v) is 2.91. The van der Waals surface area contributed by atoms with E-state index in [4.69, 9.17) is 5.11 Å². The normalized spacial score (nSPS) is 11.4. The number of aromatic carboxylic acids is 1. The predicted octanol–water partition coefficient (Wildman–Crippen LogP) is 3.77. The standard InChI is InChI=1S/C14H10F3NO2/c1-8-4-5-18-7-11(8)9-2-3-10(13(19)20)12(6-9)14(15,16)17/h2-7H,1H3,(H,19,20). The summed E-state index contributed by atoms with van der Waals surface area (Å²) >= 11 is 0. The molecule has 0 aliphatic carbocycles. The Labute approximate surface area is 112 Å². The summed E-state index contributed by atoms with van der Waals surface area (Å²) in [5.74, 6) is -1.60. The van der Waals surface area contributed by atoms with Gasteiger partial charge < -0.3 is 5.11 Å². The average molecular weight is 281 g/mol. The van der Waals surface area contributed by atoms with Crippen molar-refractivity contribution < 1.29 is 23.1 Å². The van der Waals surface area contributed by atoms with Crippen LogP contribution in [0.4, 0.5) is 13.2 Å². The second kappa shape index (κ2) is 4.96. The lowest BCUT2D eigenvalue weighted by atomic mass is 9.97. The number of benzene rings is 1. The molecular formula is C14H10F3NO2. The van der Waals surface area contributed by atoms with Crippen molar-refractivity contribution in [3.63, 3.8) is 0 Å². The molecule has 0 radical (unpaired) electrons. The Bertz CT molecular complexity index is 666. The molecule has 1 heterocycles. The van der Waals surface area contributed by atoms with E-state index in [-0.39, 0.29) is 5.56 Å². The van der Waals surface area contributed by atoms with Crippen LogP contribution in [0.15, 0.2) is 36.7 Å². The van der Waals surface area contributed by atoms with Gasteiger partial charge in [-0.25, -0.2) is 4.79 Å². The van der Waals surface area contributed by atoms with Gasteiger partial charge in [0, 0.05) is 18.0 Å². The molecule has 20 heavy (non-hydrogen) atoms. The Balaban J connectivity index is 2.65. The smallest absolute Gasteiger partial charge is 0.417 e. The van der Waals surface area contributed by atoms with E-state index in [9.17, 15) is 18.0 Å². The van der Waals surface area contributed by atoms with Gasteiger partial charge in [0.2, 0.25) is 0 Å². The van der Waals surface area contributed by atoms with Crippen LogP contribution >= 0.6 is 0 Å². The van der Waals surface area contributed by atoms with Crippen molar-refractivity contribution in [2.24, 2.45) is 0 Å². The Morgan fingerprint density at radius 3 is 2.50 bits per heavy atom. The SMILES string of the molecule is Cc1ccncc1-c1ccc(C(=O)O)c(C(F)(F)F)c1. The van der Waals surface area contributed by atoms with E-state index < -0.39 is 23.3 Å². The van der Waals surface area contributed by atoms with Crippen molar-refractivity contribution in [2.45, 2.75) is 13.1 Å². The molecule has 1 N–H and O–H groups in total. The van der Waals surface area contributed by atoms with Crippen molar-refractivity contribution in [1.82, 2.24) is 4.98 Å². The van der Waals surface area contributed by atoms with E-state index in [0.717, 1.165) is 17.7 Å². The Morgan fingerprint density at radius 1 is 1.25 bits per heavy atom. The fourth-order valence-electron chi connectivity index (χ4n) is 1.90. The first-order valence-electron chi connectivity index (χ1n) is 5.66. The minimum Gasteiger partial charge on any atom is -0.478 e. The molecule has 0 bridgehead atoms. The van der Waals surface area contributed by atoms with E-state index >= 15 is 0 Å². The Hall–Kier alpha value is -2.37. The lowest BCUT2D eigenvalue weighted by molar-refractivity contribution is -0.138. The maximum atomic E-state index is 12.9. The molecular weight excluding hydrogens is 271 g/mol. The number of nitrogens with zero attached hydrogens (tertiary/aromatic N) is 1. The third-order valence-electron chi connectivity index (χ3n) is 2.91. The number of aromatic nitrogens is 1. The molecule has 0 unspecified atom stereocenters. The summed E-state index contributed by atoms with van der Waals surface area (Å²) in [4.78, 5) is 14.7. The van der Waals surface area contributed by atoms with Gasteiger partial charge in [0.25, 0.3) is 0 Å². The number of rotatable bonds is 2. The number of hydrogen-bond donors (Lipinski definition) is 1. The maximum absolute atomic E-state index is 12.9. The highest BCUT2D eigenvalue weighted by molar-refractivity contribution is 5.90. The number of hydrogen-bond acceptors (Lipinski definition) is 2. The second-order valence-corrected chi connectivity index (χ2v) is 4.25. The number of carboxylic acids is 1. The highest BCUT2D eigenvalue weighted by Crippen LogP contribution is 2.35. The molecule has 0 saturated carbocycles. The monoisotopic (exact) mass is 281 g/mol. The van der Waals surface area contributed by atoms with Crippen molar-refractivity contribution >= 4 is 5.97 Å². The van der Waals surface area contributed by atoms with Gasteiger partial charge >= 0.3 is 12.1 Å². The number of aryl methyl sites for hydroxylation is 1. The molecule has 0 saturated heterocycles. The van der Waals surface area contributed by atoms with Crippen LogP contribution in [0.1, 0.15) is 21.5 Å². The molecule has 104 valence electrons. The first-order chi connectivity index (χ1) is 9.30. The van der Waals surface area contributed by atoms with Crippen LogP contribution in [0.25, 0.3) is 11.1 Å². The lowest BCUT2D eigenvalue weighted by Gasteiger charge is -2.13. The highest BCUT2D eigenvalue weighted by atomic mass is 19.4.